The summed E-state index contributed by atoms with van der Waals surface area (Å²) in [5, 5.41) is 0. The highest BCUT2D eigenvalue weighted by atomic mass is 32.2. The van der Waals surface area contributed by atoms with Gasteiger partial charge >= 0.3 is 0 Å². The van der Waals surface area contributed by atoms with E-state index in [-0.39, 0.29) is 4.90 Å². The first-order valence-electron chi connectivity index (χ1n) is 5.99. The first kappa shape index (κ1) is 14.4. The molecule has 0 bridgehead atoms. The highest BCUT2D eigenvalue weighted by Crippen LogP contribution is 2.20. The van der Waals surface area contributed by atoms with Crippen LogP contribution in [-0.2, 0) is 14.8 Å². The van der Waals surface area contributed by atoms with Gasteiger partial charge in [-0.25, -0.2) is 8.42 Å². The highest BCUT2D eigenvalue weighted by molar-refractivity contribution is 7.89. The second-order valence-corrected chi connectivity index (χ2v) is 6.14. The lowest BCUT2D eigenvalue weighted by Crippen LogP contribution is -2.46. The van der Waals surface area contributed by atoms with Gasteiger partial charge in [-0.1, -0.05) is 6.42 Å². The van der Waals surface area contributed by atoms with E-state index in [9.17, 15) is 13.2 Å². The molecule has 1 aromatic rings. The molecule has 0 atom stereocenters. The van der Waals surface area contributed by atoms with E-state index in [2.05, 4.69) is 10.8 Å². The van der Waals surface area contributed by atoms with Crippen molar-refractivity contribution in [2.45, 2.75) is 4.90 Å². The Hall–Kier alpha value is -2.04. The number of hydrogen-bond donors (Lipinski definition) is 0. The summed E-state index contributed by atoms with van der Waals surface area (Å²) in [7, 11) is -3.53. The van der Waals surface area contributed by atoms with Crippen LogP contribution in [0.25, 0.3) is 0 Å². The number of terminal acetylenes is 1. The zero-order chi connectivity index (χ0) is 14.6. The monoisotopic (exact) mass is 294 g/mol. The molecule has 20 heavy (non-hydrogen) atoms. The van der Waals surface area contributed by atoms with Crippen LogP contribution < -0.4 is 4.74 Å². The van der Waals surface area contributed by atoms with Crippen molar-refractivity contribution in [3.05, 3.63) is 24.3 Å². The number of sulfonamides is 1. The predicted molar refractivity (Wildman–Crippen MR) is 72.3 cm³/mol. The Morgan fingerprint density at radius 3 is 2.25 bits per heavy atom. The molecule has 0 aliphatic carbocycles. The molecule has 1 fully saturated rings. The lowest BCUT2D eigenvalue weighted by Gasteiger charge is -2.31. The summed E-state index contributed by atoms with van der Waals surface area (Å²) < 4.78 is 30.8. The molecule has 2 rings (SSSR count). The first-order valence-corrected chi connectivity index (χ1v) is 7.43. The number of nitrogens with zero attached hydrogens (tertiary/aromatic N) is 2. The average molecular weight is 294 g/mol. The van der Waals surface area contributed by atoms with Crippen molar-refractivity contribution in [3.63, 3.8) is 0 Å². The van der Waals surface area contributed by atoms with E-state index in [0.717, 1.165) is 0 Å². The van der Waals surface area contributed by atoms with Gasteiger partial charge in [0, 0.05) is 32.2 Å². The van der Waals surface area contributed by atoms with Gasteiger partial charge in [0.1, 0.15) is 5.75 Å². The maximum absolute atomic E-state index is 12.4. The zero-order valence-electron chi connectivity index (χ0n) is 10.7. The first-order chi connectivity index (χ1) is 9.57. The molecule has 0 radical (unpaired) electrons. The predicted octanol–water partition coefficient (Wildman–Crippen LogP) is 0.119. The van der Waals surface area contributed by atoms with Crippen LogP contribution in [0, 0.1) is 12.5 Å². The summed E-state index contributed by atoms with van der Waals surface area (Å²) in [6.07, 6.45) is 5.28. The maximum atomic E-state index is 12.4. The normalized spacial score (nSPS) is 16.4. The van der Waals surface area contributed by atoms with Gasteiger partial charge < -0.3 is 9.64 Å². The van der Waals surface area contributed by atoms with Gasteiger partial charge in [-0.05, 0) is 24.3 Å². The Morgan fingerprint density at radius 1 is 1.15 bits per heavy atom. The van der Waals surface area contributed by atoms with Crippen LogP contribution in [0.2, 0.25) is 0 Å². The van der Waals surface area contributed by atoms with E-state index in [0.29, 0.717) is 38.4 Å². The maximum Gasteiger partial charge on any atom is 0.298 e. The highest BCUT2D eigenvalue weighted by Gasteiger charge is 2.27. The van der Waals surface area contributed by atoms with Gasteiger partial charge in [-0.15, -0.1) is 0 Å². The van der Waals surface area contributed by atoms with Crippen LogP contribution in [0.15, 0.2) is 29.2 Å². The van der Waals surface area contributed by atoms with Crippen molar-refractivity contribution < 1.29 is 17.9 Å². The molecule has 1 aromatic carbocycles. The summed E-state index contributed by atoms with van der Waals surface area (Å²) in [5.74, 6) is 0.302. The molecule has 1 saturated heterocycles. The molecule has 1 heterocycles. The Bertz CT molecular complexity index is 611. The molecule has 0 saturated carbocycles. The molecular formula is C13H14N2O4S. The minimum Gasteiger partial charge on any atom is -0.429 e. The second kappa shape index (κ2) is 5.94. The van der Waals surface area contributed by atoms with Crippen LogP contribution in [0.3, 0.4) is 0 Å². The van der Waals surface area contributed by atoms with Crippen LogP contribution in [0.4, 0.5) is 0 Å². The molecule has 0 unspecified atom stereocenters. The van der Waals surface area contributed by atoms with Crippen molar-refractivity contribution >= 4 is 16.5 Å². The van der Waals surface area contributed by atoms with Crippen molar-refractivity contribution in [1.82, 2.24) is 9.21 Å². The van der Waals surface area contributed by atoms with Crippen LogP contribution in [0.5, 0.6) is 5.75 Å². The molecule has 0 aromatic heterocycles. The number of carbonyl (C=O) groups is 1. The van der Waals surface area contributed by atoms with E-state index in [1.807, 2.05) is 0 Å². The van der Waals surface area contributed by atoms with Crippen LogP contribution in [-0.4, -0.2) is 50.3 Å². The molecule has 106 valence electrons. The lowest BCUT2D eigenvalue weighted by molar-refractivity contribution is -0.120. The van der Waals surface area contributed by atoms with Gasteiger partial charge in [-0.2, -0.15) is 4.31 Å². The minimum absolute atomic E-state index is 0.171. The Balaban J connectivity index is 2.14. The summed E-state index contributed by atoms with van der Waals surface area (Å²) in [6, 6.07) is 8.22. The average Bonchev–Trinajstić information content (AvgIpc) is 2.48. The summed E-state index contributed by atoms with van der Waals surface area (Å²) >= 11 is 0. The number of rotatable bonds is 4. The van der Waals surface area contributed by atoms with E-state index in [4.69, 9.17) is 6.42 Å². The smallest absolute Gasteiger partial charge is 0.298 e. The fourth-order valence-electron chi connectivity index (χ4n) is 1.95. The third-order valence-corrected chi connectivity index (χ3v) is 4.98. The molecule has 0 spiro atoms. The minimum atomic E-state index is -3.53. The number of piperazine rings is 1. The molecular weight excluding hydrogens is 280 g/mol. The third-order valence-electron chi connectivity index (χ3n) is 3.07. The topological polar surface area (TPSA) is 66.9 Å². The lowest BCUT2D eigenvalue weighted by atomic mass is 10.3. The molecule has 7 heteroatoms. The number of hydrogen-bond acceptors (Lipinski definition) is 5. The van der Waals surface area contributed by atoms with E-state index < -0.39 is 10.0 Å². The van der Waals surface area contributed by atoms with Crippen molar-refractivity contribution in [2.24, 2.45) is 0 Å². The number of carbonyl (C=O) groups excluding carboxylic acids is 1. The summed E-state index contributed by atoms with van der Waals surface area (Å²) in [6.45, 7) is 2.05. The molecule has 6 nitrogen and oxygen atoms in total. The van der Waals surface area contributed by atoms with Crippen molar-refractivity contribution in [3.8, 4) is 18.2 Å². The van der Waals surface area contributed by atoms with Gasteiger partial charge in [0.2, 0.25) is 10.0 Å². The van der Waals surface area contributed by atoms with Crippen LogP contribution in [0.1, 0.15) is 0 Å². The summed E-state index contributed by atoms with van der Waals surface area (Å²) in [4.78, 5) is 12.1. The third kappa shape index (κ3) is 2.92. The quantitative estimate of drug-likeness (QED) is 0.583. The van der Waals surface area contributed by atoms with Crippen molar-refractivity contribution in [2.75, 3.05) is 26.2 Å². The molecule has 0 amide bonds. The fraction of sp³-hybridized carbons (Fsp3) is 0.308. The van der Waals surface area contributed by atoms with Crippen molar-refractivity contribution in [1.29, 1.82) is 0 Å². The number of benzene rings is 1. The molecule has 1 aliphatic heterocycles. The molecule has 0 N–H and O–H groups in total. The van der Waals surface area contributed by atoms with Gasteiger partial charge in [0.15, 0.2) is 0 Å². The zero-order valence-corrected chi connectivity index (χ0v) is 11.5. The Kier molecular flexibility index (Phi) is 4.27. The van der Waals surface area contributed by atoms with Gasteiger partial charge in [-0.3, -0.25) is 4.79 Å². The Labute approximate surface area is 118 Å². The Morgan fingerprint density at radius 2 is 1.75 bits per heavy atom. The fourth-order valence-corrected chi connectivity index (χ4v) is 3.37. The van der Waals surface area contributed by atoms with Crippen LogP contribution >= 0.6 is 0 Å². The van der Waals surface area contributed by atoms with E-state index in [1.54, 1.807) is 4.90 Å². The molecule has 1 aliphatic rings. The second-order valence-electron chi connectivity index (χ2n) is 4.21. The SMILES string of the molecule is C#CN1CCN(S(=O)(=O)c2ccc(OC=O)cc2)CC1. The van der Waals surface area contributed by atoms with E-state index in [1.165, 1.54) is 28.6 Å². The standard InChI is InChI=1S/C13H14N2O4S/c1-2-14-7-9-15(10-8-14)20(17,18)13-5-3-12(4-6-13)19-11-16/h1,3-6,11H,7-10H2. The van der Waals surface area contributed by atoms with Gasteiger partial charge in [0.05, 0.1) is 4.90 Å². The van der Waals surface area contributed by atoms with Gasteiger partial charge in [0.25, 0.3) is 6.47 Å². The largest absolute Gasteiger partial charge is 0.429 e. The van der Waals surface area contributed by atoms with E-state index >= 15 is 0 Å². The number of ether oxygens (including phenoxy) is 1. The summed E-state index contributed by atoms with van der Waals surface area (Å²) in [5.41, 5.74) is 0.